The summed E-state index contributed by atoms with van der Waals surface area (Å²) in [6.07, 6.45) is 10.9. The standard InChI is InChI=1S/C17H22N4O2S/c22-24(23,16-3-4-16)21-10-1-2-15(13-21)17-19-9-11-20(17)12-14-5-7-18-8-6-14/h5-9,11,15-16H,1-4,10,12-13H2/t15-/m0/s1. The van der Waals surface area contributed by atoms with Crippen LogP contribution in [0.5, 0.6) is 0 Å². The molecule has 0 unspecified atom stereocenters. The Morgan fingerprint density at radius 2 is 1.92 bits per heavy atom. The molecule has 7 heteroatoms. The van der Waals surface area contributed by atoms with Gasteiger partial charge in [0.2, 0.25) is 10.0 Å². The molecule has 2 aliphatic rings. The molecule has 0 amide bonds. The average molecular weight is 346 g/mol. The first-order valence-electron chi connectivity index (χ1n) is 8.53. The maximum absolute atomic E-state index is 12.5. The maximum Gasteiger partial charge on any atom is 0.217 e. The molecule has 24 heavy (non-hydrogen) atoms. The van der Waals surface area contributed by atoms with Gasteiger partial charge >= 0.3 is 0 Å². The molecule has 0 N–H and O–H groups in total. The number of nitrogens with zero attached hydrogens (tertiary/aromatic N) is 4. The molecule has 1 aliphatic carbocycles. The van der Waals surface area contributed by atoms with Crippen LogP contribution in [0.1, 0.15) is 43.0 Å². The van der Waals surface area contributed by atoms with Gasteiger partial charge in [0.25, 0.3) is 0 Å². The van der Waals surface area contributed by atoms with Crippen molar-refractivity contribution < 1.29 is 8.42 Å². The van der Waals surface area contributed by atoms with E-state index in [2.05, 4.69) is 14.5 Å². The Bertz CT molecular complexity index is 799. The summed E-state index contributed by atoms with van der Waals surface area (Å²) in [7, 11) is -3.10. The highest BCUT2D eigenvalue weighted by Gasteiger charge is 2.42. The zero-order valence-electron chi connectivity index (χ0n) is 13.6. The van der Waals surface area contributed by atoms with Crippen molar-refractivity contribution in [3.63, 3.8) is 0 Å². The number of hydrogen-bond donors (Lipinski definition) is 0. The van der Waals surface area contributed by atoms with Gasteiger partial charge in [-0.2, -0.15) is 0 Å². The minimum absolute atomic E-state index is 0.132. The third-order valence-electron chi connectivity index (χ3n) is 4.90. The minimum atomic E-state index is -3.10. The van der Waals surface area contributed by atoms with E-state index in [9.17, 15) is 8.42 Å². The van der Waals surface area contributed by atoms with Crippen molar-refractivity contribution in [1.29, 1.82) is 0 Å². The summed E-state index contributed by atoms with van der Waals surface area (Å²) >= 11 is 0. The molecule has 3 heterocycles. The quantitative estimate of drug-likeness (QED) is 0.830. The molecule has 2 aromatic rings. The molecule has 1 aliphatic heterocycles. The van der Waals surface area contributed by atoms with E-state index >= 15 is 0 Å². The summed E-state index contributed by atoms with van der Waals surface area (Å²) < 4.78 is 28.9. The Kier molecular flexibility index (Phi) is 4.14. The van der Waals surface area contributed by atoms with E-state index in [-0.39, 0.29) is 11.2 Å². The van der Waals surface area contributed by atoms with Crippen LogP contribution in [0.4, 0.5) is 0 Å². The third kappa shape index (κ3) is 3.10. The molecule has 2 aromatic heterocycles. The van der Waals surface area contributed by atoms with E-state index in [1.54, 1.807) is 16.7 Å². The van der Waals surface area contributed by atoms with Gasteiger partial charge in [-0.05, 0) is 43.4 Å². The summed E-state index contributed by atoms with van der Waals surface area (Å²) in [5.41, 5.74) is 1.17. The van der Waals surface area contributed by atoms with E-state index in [0.717, 1.165) is 38.1 Å². The van der Waals surface area contributed by atoms with Crippen molar-refractivity contribution >= 4 is 10.0 Å². The first-order valence-corrected chi connectivity index (χ1v) is 10.0. The summed E-state index contributed by atoms with van der Waals surface area (Å²) in [6, 6.07) is 3.99. The summed E-state index contributed by atoms with van der Waals surface area (Å²) in [4.78, 5) is 8.59. The molecule has 0 spiro atoms. The molecular weight excluding hydrogens is 324 g/mol. The molecule has 1 atom stereocenters. The molecule has 1 saturated heterocycles. The highest BCUT2D eigenvalue weighted by Crippen LogP contribution is 2.35. The van der Waals surface area contributed by atoms with E-state index < -0.39 is 10.0 Å². The summed E-state index contributed by atoms with van der Waals surface area (Å²) in [5.74, 6) is 1.16. The van der Waals surface area contributed by atoms with Crippen LogP contribution in [0.3, 0.4) is 0 Å². The van der Waals surface area contributed by atoms with E-state index in [1.165, 1.54) is 5.56 Å². The van der Waals surface area contributed by atoms with E-state index in [4.69, 9.17) is 0 Å². The zero-order valence-corrected chi connectivity index (χ0v) is 14.4. The number of pyridine rings is 1. The first-order chi connectivity index (χ1) is 11.6. The Hall–Kier alpha value is -1.73. The predicted molar refractivity (Wildman–Crippen MR) is 91.1 cm³/mol. The molecule has 128 valence electrons. The van der Waals surface area contributed by atoms with Crippen LogP contribution >= 0.6 is 0 Å². The van der Waals surface area contributed by atoms with Crippen LogP contribution in [-0.4, -0.2) is 45.6 Å². The van der Waals surface area contributed by atoms with Gasteiger partial charge in [-0.25, -0.2) is 17.7 Å². The molecule has 0 radical (unpaired) electrons. The van der Waals surface area contributed by atoms with Crippen molar-refractivity contribution in [1.82, 2.24) is 18.8 Å². The normalized spacial score (nSPS) is 22.6. The van der Waals surface area contributed by atoms with Gasteiger partial charge in [-0.15, -0.1) is 0 Å². The van der Waals surface area contributed by atoms with Gasteiger partial charge in [0, 0.05) is 50.3 Å². The van der Waals surface area contributed by atoms with Crippen molar-refractivity contribution in [2.45, 2.75) is 43.4 Å². The van der Waals surface area contributed by atoms with E-state index in [1.807, 2.05) is 24.5 Å². The fraction of sp³-hybridized carbons (Fsp3) is 0.529. The third-order valence-corrected chi connectivity index (χ3v) is 7.27. The second-order valence-corrected chi connectivity index (χ2v) is 8.92. The Morgan fingerprint density at radius 1 is 1.12 bits per heavy atom. The molecule has 0 bridgehead atoms. The second kappa shape index (κ2) is 6.29. The highest BCUT2D eigenvalue weighted by molar-refractivity contribution is 7.90. The summed E-state index contributed by atoms with van der Waals surface area (Å²) in [5, 5.41) is -0.132. The van der Waals surface area contributed by atoms with Gasteiger partial charge in [0.1, 0.15) is 5.82 Å². The van der Waals surface area contributed by atoms with Crippen LogP contribution in [0, 0.1) is 0 Å². The zero-order chi connectivity index (χ0) is 16.6. The molecule has 4 rings (SSSR count). The van der Waals surface area contributed by atoms with Gasteiger partial charge in [-0.3, -0.25) is 4.98 Å². The Morgan fingerprint density at radius 3 is 2.67 bits per heavy atom. The van der Waals surface area contributed by atoms with Crippen LogP contribution in [0.15, 0.2) is 36.9 Å². The van der Waals surface area contributed by atoms with Gasteiger partial charge < -0.3 is 4.57 Å². The Balaban J connectivity index is 1.53. The fourth-order valence-corrected chi connectivity index (χ4v) is 5.38. The van der Waals surface area contributed by atoms with Crippen LogP contribution in [0.25, 0.3) is 0 Å². The molecule has 0 aromatic carbocycles. The lowest BCUT2D eigenvalue weighted by Crippen LogP contribution is -2.41. The number of piperidine rings is 1. The largest absolute Gasteiger partial charge is 0.330 e. The van der Waals surface area contributed by atoms with Gasteiger partial charge in [-0.1, -0.05) is 0 Å². The SMILES string of the molecule is O=S(=O)(C1CC1)N1CCC[C@H](c2nccn2Cc2ccncc2)C1. The fourth-order valence-electron chi connectivity index (χ4n) is 3.46. The average Bonchev–Trinajstić information content (AvgIpc) is 3.37. The van der Waals surface area contributed by atoms with E-state index in [0.29, 0.717) is 13.1 Å². The maximum atomic E-state index is 12.5. The van der Waals surface area contributed by atoms with Crippen LogP contribution < -0.4 is 0 Å². The second-order valence-electron chi connectivity index (χ2n) is 6.71. The minimum Gasteiger partial charge on any atom is -0.330 e. The Labute approximate surface area is 142 Å². The smallest absolute Gasteiger partial charge is 0.217 e. The molecule has 1 saturated carbocycles. The monoisotopic (exact) mass is 346 g/mol. The van der Waals surface area contributed by atoms with Crippen LogP contribution in [0.2, 0.25) is 0 Å². The summed E-state index contributed by atoms with van der Waals surface area (Å²) in [6.45, 7) is 1.95. The van der Waals surface area contributed by atoms with Crippen molar-refractivity contribution in [2.24, 2.45) is 0 Å². The number of imidazole rings is 1. The molecule has 2 fully saturated rings. The lowest BCUT2D eigenvalue weighted by Gasteiger charge is -2.32. The molecule has 6 nitrogen and oxygen atoms in total. The first kappa shape index (κ1) is 15.8. The van der Waals surface area contributed by atoms with Crippen LogP contribution in [-0.2, 0) is 16.6 Å². The number of sulfonamides is 1. The van der Waals surface area contributed by atoms with Gasteiger partial charge in [0.15, 0.2) is 0 Å². The van der Waals surface area contributed by atoms with Crippen molar-refractivity contribution in [3.05, 3.63) is 48.3 Å². The predicted octanol–water partition coefficient (Wildman–Crippen LogP) is 2.00. The number of aromatic nitrogens is 3. The number of rotatable bonds is 5. The topological polar surface area (TPSA) is 68.1 Å². The lowest BCUT2D eigenvalue weighted by molar-refractivity contribution is 0.305. The number of hydrogen-bond acceptors (Lipinski definition) is 4. The highest BCUT2D eigenvalue weighted by atomic mass is 32.2. The molecular formula is C17H22N4O2S. The van der Waals surface area contributed by atoms with Crippen molar-refractivity contribution in [2.75, 3.05) is 13.1 Å². The lowest BCUT2D eigenvalue weighted by atomic mass is 9.98. The van der Waals surface area contributed by atoms with Crippen molar-refractivity contribution in [3.8, 4) is 0 Å². The van der Waals surface area contributed by atoms with Gasteiger partial charge in [0.05, 0.1) is 5.25 Å².